The van der Waals surface area contributed by atoms with Crippen LogP contribution in [0.1, 0.15) is 75.6 Å². The summed E-state index contributed by atoms with van der Waals surface area (Å²) < 4.78 is 5.79. The zero-order valence-corrected chi connectivity index (χ0v) is 23.7. The Balaban J connectivity index is 1.42. The molecule has 3 aliphatic rings. The van der Waals surface area contributed by atoms with Gasteiger partial charge in [-0.3, -0.25) is 14.6 Å². The van der Waals surface area contributed by atoms with Crippen molar-refractivity contribution in [2.24, 2.45) is 5.92 Å². The van der Waals surface area contributed by atoms with E-state index in [0.29, 0.717) is 25.9 Å². The van der Waals surface area contributed by atoms with Crippen molar-refractivity contribution in [3.05, 3.63) is 76.4 Å². The van der Waals surface area contributed by atoms with Gasteiger partial charge in [0.1, 0.15) is 5.60 Å². The zero-order chi connectivity index (χ0) is 27.6. The Bertz CT molecular complexity index is 1230. The summed E-state index contributed by atoms with van der Waals surface area (Å²) in [6.45, 7) is 10.5. The molecule has 206 valence electrons. The first kappa shape index (κ1) is 27.2. The predicted molar refractivity (Wildman–Crippen MR) is 157 cm³/mol. The van der Waals surface area contributed by atoms with E-state index in [1.165, 1.54) is 33.4 Å². The van der Waals surface area contributed by atoms with Gasteiger partial charge in [0.05, 0.1) is 6.17 Å². The summed E-state index contributed by atoms with van der Waals surface area (Å²) >= 11 is 0. The van der Waals surface area contributed by atoms with Gasteiger partial charge in [0.2, 0.25) is 5.91 Å². The van der Waals surface area contributed by atoms with E-state index in [1.54, 1.807) is 0 Å². The molecule has 6 heteroatoms. The minimum absolute atomic E-state index is 0.0883. The summed E-state index contributed by atoms with van der Waals surface area (Å²) in [6.07, 6.45) is 7.13. The number of hydrogen-bond acceptors (Lipinski definition) is 4. The van der Waals surface area contributed by atoms with Gasteiger partial charge in [-0.1, -0.05) is 66.3 Å². The number of hydrogen-bond donors (Lipinski definition) is 1. The maximum Gasteiger partial charge on any atom is 0.411 e. The summed E-state index contributed by atoms with van der Waals surface area (Å²) in [7, 11) is 0. The molecule has 5 rings (SSSR count). The second kappa shape index (κ2) is 11.4. The van der Waals surface area contributed by atoms with Crippen LogP contribution in [0.4, 0.5) is 4.79 Å². The van der Waals surface area contributed by atoms with Gasteiger partial charge in [-0.15, -0.1) is 0 Å². The summed E-state index contributed by atoms with van der Waals surface area (Å²) in [5, 5.41) is 2.99. The maximum atomic E-state index is 13.3. The van der Waals surface area contributed by atoms with Crippen molar-refractivity contribution >= 4 is 29.7 Å². The molecule has 0 saturated carbocycles. The second-order valence-corrected chi connectivity index (χ2v) is 11.8. The molecular formula is C33H41N3O3. The fraction of sp³-hybridized carbons (Fsp3) is 0.455. The van der Waals surface area contributed by atoms with Crippen LogP contribution in [-0.2, 0) is 9.53 Å². The van der Waals surface area contributed by atoms with Crippen LogP contribution in [0.3, 0.4) is 0 Å². The molecule has 2 fully saturated rings. The molecule has 2 heterocycles. The quantitative estimate of drug-likeness (QED) is 0.442. The minimum atomic E-state index is -0.564. The molecule has 39 heavy (non-hydrogen) atoms. The number of rotatable bonds is 3. The molecule has 2 unspecified atom stereocenters. The van der Waals surface area contributed by atoms with Gasteiger partial charge in [0.15, 0.2) is 0 Å². The van der Waals surface area contributed by atoms with E-state index in [2.05, 4.69) is 70.9 Å². The Hall–Kier alpha value is -3.38. The van der Waals surface area contributed by atoms with Gasteiger partial charge in [-0.2, -0.15) is 0 Å². The zero-order valence-electron chi connectivity index (χ0n) is 23.7. The highest BCUT2D eigenvalue weighted by Gasteiger charge is 2.40. The minimum Gasteiger partial charge on any atom is -0.444 e. The van der Waals surface area contributed by atoms with Crippen LogP contribution in [0.2, 0.25) is 0 Å². The SMILES string of the molecule is CCNC(=O)C1CCN(C(=O)OC(C)(C)C)C(N2CCC(=C3c4ccccc4C=Cc4ccccc43)CC2)C1. The largest absolute Gasteiger partial charge is 0.444 e. The van der Waals surface area contributed by atoms with Crippen molar-refractivity contribution in [1.29, 1.82) is 0 Å². The Kier molecular flexibility index (Phi) is 7.94. The normalized spacial score (nSPS) is 21.6. The fourth-order valence-corrected chi connectivity index (χ4v) is 6.17. The average Bonchev–Trinajstić information content (AvgIpc) is 3.09. The predicted octanol–water partition coefficient (Wildman–Crippen LogP) is 6.18. The van der Waals surface area contributed by atoms with Gasteiger partial charge in [0.25, 0.3) is 0 Å². The molecule has 1 aliphatic carbocycles. The molecule has 2 atom stereocenters. The van der Waals surface area contributed by atoms with Crippen molar-refractivity contribution in [3.63, 3.8) is 0 Å². The van der Waals surface area contributed by atoms with E-state index in [9.17, 15) is 9.59 Å². The van der Waals surface area contributed by atoms with Crippen LogP contribution < -0.4 is 5.32 Å². The molecule has 2 saturated heterocycles. The Labute approximate surface area is 232 Å². The molecule has 1 N–H and O–H groups in total. The molecule has 2 aromatic rings. The molecule has 2 aromatic carbocycles. The van der Waals surface area contributed by atoms with Gasteiger partial charge in [-0.05, 0) is 81.2 Å². The van der Waals surface area contributed by atoms with Crippen LogP contribution in [0.15, 0.2) is 54.1 Å². The number of benzene rings is 2. The second-order valence-electron chi connectivity index (χ2n) is 11.8. The smallest absolute Gasteiger partial charge is 0.411 e. The molecule has 0 radical (unpaired) electrons. The third kappa shape index (κ3) is 5.96. The van der Waals surface area contributed by atoms with Gasteiger partial charge < -0.3 is 10.1 Å². The monoisotopic (exact) mass is 527 g/mol. The van der Waals surface area contributed by atoms with Gasteiger partial charge in [-0.25, -0.2) is 4.79 Å². The van der Waals surface area contributed by atoms with E-state index in [-0.39, 0.29) is 24.1 Å². The molecule has 0 spiro atoms. The van der Waals surface area contributed by atoms with Crippen molar-refractivity contribution in [1.82, 2.24) is 15.1 Å². The molecule has 2 amide bonds. The van der Waals surface area contributed by atoms with Crippen LogP contribution >= 0.6 is 0 Å². The number of likely N-dealkylation sites (tertiary alicyclic amines) is 2. The van der Waals surface area contributed by atoms with Gasteiger partial charge in [0, 0.05) is 32.1 Å². The lowest BCUT2D eigenvalue weighted by Gasteiger charge is -2.46. The number of amides is 2. The first-order valence-corrected chi connectivity index (χ1v) is 14.4. The van der Waals surface area contributed by atoms with Crippen LogP contribution in [0.5, 0.6) is 0 Å². The Morgan fingerprint density at radius 2 is 1.51 bits per heavy atom. The van der Waals surface area contributed by atoms with Crippen LogP contribution in [0, 0.1) is 5.92 Å². The highest BCUT2D eigenvalue weighted by Crippen LogP contribution is 2.39. The summed E-state index contributed by atoms with van der Waals surface area (Å²) in [5.74, 6) is -0.00889. The lowest BCUT2D eigenvalue weighted by atomic mass is 9.85. The lowest BCUT2D eigenvalue weighted by molar-refractivity contribution is -0.129. The summed E-state index contributed by atoms with van der Waals surface area (Å²) in [5.41, 5.74) is 7.29. The number of carbonyl (C=O) groups is 2. The number of carbonyl (C=O) groups excluding carboxylic acids is 2. The van der Waals surface area contributed by atoms with Gasteiger partial charge >= 0.3 is 6.09 Å². The summed E-state index contributed by atoms with van der Waals surface area (Å²) in [4.78, 5) is 30.3. The third-order valence-electron chi connectivity index (χ3n) is 8.00. The highest BCUT2D eigenvalue weighted by atomic mass is 16.6. The van der Waals surface area contributed by atoms with Crippen LogP contribution in [0.25, 0.3) is 17.7 Å². The van der Waals surface area contributed by atoms with Crippen molar-refractivity contribution in [2.75, 3.05) is 26.2 Å². The van der Waals surface area contributed by atoms with Crippen molar-refractivity contribution in [2.45, 2.75) is 65.1 Å². The lowest BCUT2D eigenvalue weighted by Crippen LogP contribution is -2.58. The first-order chi connectivity index (χ1) is 18.7. The standard InChI is InChI=1S/C33H41N3O3/c1-5-34-31(37)26-18-21-36(32(38)39-33(2,3)4)29(22-26)35-19-16-25(17-20-35)30-27-12-8-6-10-23(27)14-15-24-11-7-9-13-28(24)30/h6-15,26,29H,5,16-22H2,1-4H3,(H,34,37). The molecular weight excluding hydrogens is 486 g/mol. The van der Waals surface area contributed by atoms with E-state index in [1.807, 2.05) is 32.6 Å². The molecule has 6 nitrogen and oxygen atoms in total. The van der Waals surface area contributed by atoms with E-state index in [0.717, 1.165) is 25.9 Å². The fourth-order valence-electron chi connectivity index (χ4n) is 6.17. The Morgan fingerprint density at radius 3 is 2.08 bits per heavy atom. The van der Waals surface area contributed by atoms with Crippen molar-refractivity contribution in [3.8, 4) is 0 Å². The van der Waals surface area contributed by atoms with Crippen LogP contribution in [-0.4, -0.2) is 59.7 Å². The van der Waals surface area contributed by atoms with E-state index >= 15 is 0 Å². The van der Waals surface area contributed by atoms with Crippen molar-refractivity contribution < 1.29 is 14.3 Å². The third-order valence-corrected chi connectivity index (χ3v) is 8.00. The highest BCUT2D eigenvalue weighted by molar-refractivity contribution is 5.95. The molecule has 0 bridgehead atoms. The first-order valence-electron chi connectivity index (χ1n) is 14.4. The molecule has 0 aromatic heterocycles. The van der Waals surface area contributed by atoms with E-state index < -0.39 is 5.60 Å². The molecule has 2 aliphatic heterocycles. The number of piperidine rings is 2. The van der Waals surface area contributed by atoms with E-state index in [4.69, 9.17) is 4.74 Å². The number of nitrogens with one attached hydrogen (secondary N) is 1. The number of ether oxygens (including phenoxy) is 1. The number of nitrogens with zero attached hydrogens (tertiary/aromatic N) is 2. The Morgan fingerprint density at radius 1 is 0.923 bits per heavy atom. The average molecular weight is 528 g/mol. The maximum absolute atomic E-state index is 13.3. The summed E-state index contributed by atoms with van der Waals surface area (Å²) in [6, 6.07) is 17.3. The topological polar surface area (TPSA) is 61.9 Å². The number of fused-ring (bicyclic) bond motifs is 2.